The Morgan fingerprint density at radius 2 is 2.04 bits per heavy atom. The van der Waals surface area contributed by atoms with Gasteiger partial charge in [-0.25, -0.2) is 4.68 Å². The topological polar surface area (TPSA) is 72.7 Å². The van der Waals surface area contributed by atoms with Crippen LogP contribution >= 0.6 is 11.8 Å². The number of hydrogen-bond acceptors (Lipinski definition) is 5. The molecule has 2 aliphatic carbocycles. The van der Waals surface area contributed by atoms with Gasteiger partial charge in [0, 0.05) is 12.0 Å². The van der Waals surface area contributed by atoms with Gasteiger partial charge in [0.05, 0.1) is 11.8 Å². The fourth-order valence-corrected chi connectivity index (χ4v) is 3.73. The minimum atomic E-state index is 0.0611. The van der Waals surface area contributed by atoms with Crippen molar-refractivity contribution in [2.24, 2.45) is 0 Å². The van der Waals surface area contributed by atoms with E-state index in [1.807, 2.05) is 10.7 Å². The van der Waals surface area contributed by atoms with E-state index in [0.29, 0.717) is 17.7 Å². The Labute approximate surface area is 139 Å². The summed E-state index contributed by atoms with van der Waals surface area (Å²) >= 11 is 1.42. The lowest BCUT2D eigenvalue weighted by Crippen LogP contribution is -2.46. The molecule has 0 saturated heterocycles. The van der Waals surface area contributed by atoms with Gasteiger partial charge < -0.3 is 5.32 Å². The molecular formula is C16H19N5OS. The molecule has 6 nitrogen and oxygen atoms in total. The number of aromatic nitrogens is 4. The van der Waals surface area contributed by atoms with Crippen LogP contribution in [0.5, 0.6) is 0 Å². The molecule has 7 heteroatoms. The second-order valence-electron chi connectivity index (χ2n) is 6.19. The lowest BCUT2D eigenvalue weighted by Gasteiger charge is -2.37. The third-order valence-corrected chi connectivity index (χ3v) is 5.47. The number of hydrogen-bond donors (Lipinski definition) is 1. The Morgan fingerprint density at radius 3 is 2.74 bits per heavy atom. The fourth-order valence-electron chi connectivity index (χ4n) is 2.98. The van der Waals surface area contributed by atoms with Gasteiger partial charge in [0.1, 0.15) is 0 Å². The summed E-state index contributed by atoms with van der Waals surface area (Å²) in [6.45, 7) is 0. The van der Waals surface area contributed by atoms with Crippen LogP contribution in [0.25, 0.3) is 0 Å². The summed E-state index contributed by atoms with van der Waals surface area (Å²) in [6.07, 6.45) is 4.45. The van der Waals surface area contributed by atoms with E-state index in [1.54, 1.807) is 0 Å². The van der Waals surface area contributed by atoms with Gasteiger partial charge in [0.2, 0.25) is 11.1 Å². The fraction of sp³-hybridized carbons (Fsp3) is 0.500. The molecule has 0 aliphatic heterocycles. The van der Waals surface area contributed by atoms with Gasteiger partial charge in [-0.1, -0.05) is 42.1 Å². The average molecular weight is 329 g/mol. The lowest BCUT2D eigenvalue weighted by molar-refractivity contribution is -0.119. The van der Waals surface area contributed by atoms with Gasteiger partial charge in [0.25, 0.3) is 0 Å². The molecule has 1 amide bonds. The Kier molecular flexibility index (Phi) is 4.03. The molecule has 4 rings (SSSR count). The van der Waals surface area contributed by atoms with E-state index in [1.165, 1.54) is 17.3 Å². The molecule has 2 atom stereocenters. The molecule has 2 aromatic rings. The predicted molar refractivity (Wildman–Crippen MR) is 87.2 cm³/mol. The Morgan fingerprint density at radius 1 is 1.22 bits per heavy atom. The van der Waals surface area contributed by atoms with Crippen molar-refractivity contribution in [2.75, 3.05) is 5.75 Å². The molecule has 23 heavy (non-hydrogen) atoms. The molecule has 0 unspecified atom stereocenters. The molecule has 120 valence electrons. The van der Waals surface area contributed by atoms with Crippen molar-refractivity contribution < 1.29 is 4.79 Å². The van der Waals surface area contributed by atoms with E-state index >= 15 is 0 Å². The van der Waals surface area contributed by atoms with Crippen LogP contribution in [0.4, 0.5) is 0 Å². The van der Waals surface area contributed by atoms with Crippen LogP contribution in [-0.4, -0.2) is 37.9 Å². The van der Waals surface area contributed by atoms with Crippen molar-refractivity contribution in [3.05, 3.63) is 35.9 Å². The molecule has 2 saturated carbocycles. The van der Waals surface area contributed by atoms with Crippen LogP contribution in [0.15, 0.2) is 35.5 Å². The Balaban J connectivity index is 1.29. The quantitative estimate of drug-likeness (QED) is 0.822. The highest BCUT2D eigenvalue weighted by Gasteiger charge is 2.33. The summed E-state index contributed by atoms with van der Waals surface area (Å²) in [5.74, 6) is 0.873. The van der Waals surface area contributed by atoms with Crippen LogP contribution < -0.4 is 5.32 Å². The molecular weight excluding hydrogens is 310 g/mol. The number of rotatable bonds is 6. The number of amides is 1. The molecule has 1 aromatic carbocycles. The first-order chi connectivity index (χ1) is 11.3. The van der Waals surface area contributed by atoms with Gasteiger partial charge in [0.15, 0.2) is 0 Å². The second kappa shape index (κ2) is 6.31. The van der Waals surface area contributed by atoms with Crippen LogP contribution in [0.3, 0.4) is 0 Å². The standard InChI is InChI=1S/C16H19N5OS/c22-15(10-23-16-18-19-20-21(16)12-6-7-12)17-14-9-8-13(14)11-4-2-1-3-5-11/h1-5,12-14H,6-10H2,(H,17,22)/t13-,14+/m1/s1. The summed E-state index contributed by atoms with van der Waals surface area (Å²) in [5.41, 5.74) is 1.31. The zero-order valence-corrected chi connectivity index (χ0v) is 13.6. The van der Waals surface area contributed by atoms with Gasteiger partial charge >= 0.3 is 0 Å². The molecule has 2 fully saturated rings. The third kappa shape index (κ3) is 3.24. The Bertz CT molecular complexity index is 685. The lowest BCUT2D eigenvalue weighted by atomic mass is 9.75. The molecule has 1 heterocycles. The number of benzene rings is 1. The Hall–Kier alpha value is -1.89. The minimum Gasteiger partial charge on any atom is -0.352 e. The second-order valence-corrected chi connectivity index (χ2v) is 7.14. The van der Waals surface area contributed by atoms with Crippen molar-refractivity contribution in [3.8, 4) is 0 Å². The van der Waals surface area contributed by atoms with E-state index in [9.17, 15) is 4.79 Å². The molecule has 0 spiro atoms. The van der Waals surface area contributed by atoms with Gasteiger partial charge in [-0.3, -0.25) is 4.79 Å². The molecule has 1 aromatic heterocycles. The summed E-state index contributed by atoms with van der Waals surface area (Å²) in [5, 5.41) is 15.6. The maximum Gasteiger partial charge on any atom is 0.230 e. The van der Waals surface area contributed by atoms with E-state index in [0.717, 1.165) is 30.8 Å². The molecule has 1 N–H and O–H groups in total. The summed E-state index contributed by atoms with van der Waals surface area (Å²) < 4.78 is 1.84. The zero-order chi connectivity index (χ0) is 15.6. The van der Waals surface area contributed by atoms with E-state index < -0.39 is 0 Å². The largest absolute Gasteiger partial charge is 0.352 e. The smallest absolute Gasteiger partial charge is 0.230 e. The maximum absolute atomic E-state index is 12.2. The first kappa shape index (κ1) is 14.7. The van der Waals surface area contributed by atoms with E-state index in [2.05, 4.69) is 45.1 Å². The predicted octanol–water partition coefficient (Wildman–Crippen LogP) is 2.16. The van der Waals surface area contributed by atoms with Crippen LogP contribution in [-0.2, 0) is 4.79 Å². The molecule has 0 bridgehead atoms. The van der Waals surface area contributed by atoms with Crippen molar-refractivity contribution in [1.29, 1.82) is 0 Å². The number of carbonyl (C=O) groups is 1. The molecule has 0 radical (unpaired) electrons. The number of thioether (sulfide) groups is 1. The van der Waals surface area contributed by atoms with Crippen LogP contribution in [0.2, 0.25) is 0 Å². The number of nitrogens with one attached hydrogen (secondary N) is 1. The molecule has 2 aliphatic rings. The first-order valence-electron chi connectivity index (χ1n) is 8.06. The van der Waals surface area contributed by atoms with Crippen molar-refractivity contribution in [3.63, 3.8) is 0 Å². The van der Waals surface area contributed by atoms with Gasteiger partial charge in [-0.15, -0.1) is 5.10 Å². The third-order valence-electron chi connectivity index (χ3n) is 4.54. The maximum atomic E-state index is 12.2. The summed E-state index contributed by atoms with van der Waals surface area (Å²) in [6, 6.07) is 11.1. The SMILES string of the molecule is O=C(CSc1nnnn1C1CC1)N[C@H]1CC[C@@H]1c1ccccc1. The first-order valence-corrected chi connectivity index (χ1v) is 9.05. The summed E-state index contributed by atoms with van der Waals surface area (Å²) in [7, 11) is 0. The van der Waals surface area contributed by atoms with Crippen molar-refractivity contribution in [2.45, 2.75) is 48.8 Å². The van der Waals surface area contributed by atoms with Gasteiger partial charge in [-0.2, -0.15) is 0 Å². The average Bonchev–Trinajstić information content (AvgIpc) is 3.29. The zero-order valence-electron chi connectivity index (χ0n) is 12.8. The van der Waals surface area contributed by atoms with Crippen molar-refractivity contribution >= 4 is 17.7 Å². The van der Waals surface area contributed by atoms with E-state index in [-0.39, 0.29) is 11.9 Å². The van der Waals surface area contributed by atoms with E-state index in [4.69, 9.17) is 0 Å². The van der Waals surface area contributed by atoms with Crippen LogP contribution in [0.1, 0.15) is 43.2 Å². The number of tetrazole rings is 1. The highest BCUT2D eigenvalue weighted by Crippen LogP contribution is 2.37. The van der Waals surface area contributed by atoms with Crippen molar-refractivity contribution in [1.82, 2.24) is 25.5 Å². The normalized spacial score (nSPS) is 23.3. The monoisotopic (exact) mass is 329 g/mol. The van der Waals surface area contributed by atoms with Crippen LogP contribution in [0, 0.1) is 0 Å². The minimum absolute atomic E-state index is 0.0611. The number of nitrogens with zero attached hydrogens (tertiary/aromatic N) is 4. The highest BCUT2D eigenvalue weighted by molar-refractivity contribution is 7.99. The summed E-state index contributed by atoms with van der Waals surface area (Å²) in [4.78, 5) is 12.2. The number of carbonyl (C=O) groups excluding carboxylic acids is 1. The highest BCUT2D eigenvalue weighted by atomic mass is 32.2. The van der Waals surface area contributed by atoms with Gasteiger partial charge in [-0.05, 0) is 41.7 Å².